The van der Waals surface area contributed by atoms with Crippen molar-refractivity contribution in [1.82, 2.24) is 9.62 Å². The van der Waals surface area contributed by atoms with Gasteiger partial charge in [0.2, 0.25) is 10.0 Å². The van der Waals surface area contributed by atoms with Gasteiger partial charge in [0.25, 0.3) is 0 Å². The Morgan fingerprint density at radius 3 is 2.96 bits per heavy atom. The Morgan fingerprint density at radius 1 is 1.32 bits per heavy atom. The van der Waals surface area contributed by atoms with E-state index in [2.05, 4.69) is 5.32 Å². The predicted octanol–water partition coefficient (Wildman–Crippen LogP) is 3.57. The minimum absolute atomic E-state index is 0.409. The summed E-state index contributed by atoms with van der Waals surface area (Å²) in [6.07, 6.45) is 4.31. The van der Waals surface area contributed by atoms with Crippen LogP contribution in [0.1, 0.15) is 35.3 Å². The third-order valence-corrected chi connectivity index (χ3v) is 8.84. The van der Waals surface area contributed by atoms with Gasteiger partial charge in [-0.2, -0.15) is 4.31 Å². The standard InChI is InChI=1S/C21H28N2O3S2/c1-16-5-2-3-7-20(16)28(24,25)23-11-9-19-18(15-23)13-21(27-19)26-12-4-6-17-8-10-22-14-17/h2-3,5,7,13,17,22H,4,6,8-12,14-15H2,1H3. The van der Waals surface area contributed by atoms with E-state index in [0.717, 1.165) is 54.6 Å². The first-order valence-electron chi connectivity index (χ1n) is 10.0. The van der Waals surface area contributed by atoms with Crippen molar-refractivity contribution in [3.05, 3.63) is 46.3 Å². The number of rotatable bonds is 7. The second-order valence-electron chi connectivity index (χ2n) is 7.72. The van der Waals surface area contributed by atoms with Gasteiger partial charge in [0.05, 0.1) is 11.5 Å². The molecule has 0 spiro atoms. The molecule has 1 aromatic heterocycles. The van der Waals surface area contributed by atoms with E-state index in [4.69, 9.17) is 4.74 Å². The van der Waals surface area contributed by atoms with E-state index in [9.17, 15) is 8.42 Å². The van der Waals surface area contributed by atoms with Crippen LogP contribution in [0.2, 0.25) is 0 Å². The van der Waals surface area contributed by atoms with Gasteiger partial charge < -0.3 is 10.1 Å². The van der Waals surface area contributed by atoms with Crippen LogP contribution in [0, 0.1) is 12.8 Å². The van der Waals surface area contributed by atoms with Crippen LogP contribution in [0.3, 0.4) is 0 Å². The molecule has 1 N–H and O–H groups in total. The Hall–Kier alpha value is -1.41. The SMILES string of the molecule is Cc1ccccc1S(=O)(=O)N1CCc2sc(OCCCC3CCNC3)cc2C1. The van der Waals surface area contributed by atoms with Gasteiger partial charge >= 0.3 is 0 Å². The molecule has 3 heterocycles. The molecule has 0 radical (unpaired) electrons. The molecule has 0 bridgehead atoms. The summed E-state index contributed by atoms with van der Waals surface area (Å²) in [6.45, 7) is 5.82. The number of ether oxygens (including phenoxy) is 1. The van der Waals surface area contributed by atoms with Crippen molar-refractivity contribution in [2.45, 2.75) is 44.0 Å². The van der Waals surface area contributed by atoms with Crippen molar-refractivity contribution < 1.29 is 13.2 Å². The first kappa shape index (κ1) is 19.9. The fourth-order valence-electron chi connectivity index (χ4n) is 4.05. The lowest BCUT2D eigenvalue weighted by molar-refractivity contribution is 0.302. The Labute approximate surface area is 171 Å². The van der Waals surface area contributed by atoms with E-state index >= 15 is 0 Å². The van der Waals surface area contributed by atoms with E-state index in [1.165, 1.54) is 17.7 Å². The van der Waals surface area contributed by atoms with Crippen LogP contribution in [0.5, 0.6) is 5.06 Å². The normalized spacial score (nSPS) is 20.2. The van der Waals surface area contributed by atoms with Gasteiger partial charge in [-0.25, -0.2) is 8.42 Å². The first-order chi connectivity index (χ1) is 13.5. The molecule has 0 amide bonds. The van der Waals surface area contributed by atoms with Crippen LogP contribution in [-0.2, 0) is 23.0 Å². The zero-order chi connectivity index (χ0) is 19.6. The van der Waals surface area contributed by atoms with Crippen LogP contribution in [0.15, 0.2) is 35.2 Å². The number of fused-ring (bicyclic) bond motifs is 1. The highest BCUT2D eigenvalue weighted by molar-refractivity contribution is 7.89. The topological polar surface area (TPSA) is 58.6 Å². The largest absolute Gasteiger partial charge is 0.484 e. The van der Waals surface area contributed by atoms with Crippen molar-refractivity contribution in [2.75, 3.05) is 26.2 Å². The maximum absolute atomic E-state index is 13.1. The second kappa shape index (κ2) is 8.53. The molecule has 1 fully saturated rings. The number of nitrogens with one attached hydrogen (secondary N) is 1. The zero-order valence-corrected chi connectivity index (χ0v) is 17.9. The maximum atomic E-state index is 13.1. The van der Waals surface area contributed by atoms with Crippen LogP contribution in [0.25, 0.3) is 0 Å². The van der Waals surface area contributed by atoms with Gasteiger partial charge in [-0.15, -0.1) is 11.3 Å². The zero-order valence-electron chi connectivity index (χ0n) is 16.3. The number of benzene rings is 1. The lowest BCUT2D eigenvalue weighted by Crippen LogP contribution is -2.35. The summed E-state index contributed by atoms with van der Waals surface area (Å²) in [5.41, 5.74) is 1.88. The highest BCUT2D eigenvalue weighted by atomic mass is 32.2. The van der Waals surface area contributed by atoms with Gasteiger partial charge in [0.15, 0.2) is 5.06 Å². The van der Waals surface area contributed by atoms with Crippen molar-refractivity contribution in [3.8, 4) is 5.06 Å². The Bertz CT molecular complexity index is 917. The van der Waals surface area contributed by atoms with Gasteiger partial charge in [0.1, 0.15) is 0 Å². The summed E-state index contributed by atoms with van der Waals surface area (Å²) >= 11 is 1.67. The minimum atomic E-state index is -3.47. The number of nitrogens with zero attached hydrogens (tertiary/aromatic N) is 1. The third kappa shape index (κ3) is 4.27. The molecule has 1 saturated heterocycles. The molecule has 4 rings (SSSR count). The van der Waals surface area contributed by atoms with Crippen molar-refractivity contribution in [1.29, 1.82) is 0 Å². The monoisotopic (exact) mass is 420 g/mol. The van der Waals surface area contributed by atoms with Gasteiger partial charge in [-0.3, -0.25) is 0 Å². The number of hydrogen-bond donors (Lipinski definition) is 1. The molecule has 1 atom stereocenters. The van der Waals surface area contributed by atoms with Crippen LogP contribution < -0.4 is 10.1 Å². The van der Waals surface area contributed by atoms with Crippen LogP contribution in [0.4, 0.5) is 0 Å². The number of thiophene rings is 1. The predicted molar refractivity (Wildman–Crippen MR) is 113 cm³/mol. The molecule has 28 heavy (non-hydrogen) atoms. The molecule has 5 nitrogen and oxygen atoms in total. The summed E-state index contributed by atoms with van der Waals surface area (Å²) in [5.74, 6) is 0.792. The molecule has 0 aliphatic carbocycles. The van der Waals surface area contributed by atoms with Crippen molar-refractivity contribution in [3.63, 3.8) is 0 Å². The molecule has 1 aromatic carbocycles. The lowest BCUT2D eigenvalue weighted by Gasteiger charge is -2.26. The van der Waals surface area contributed by atoms with Gasteiger partial charge in [0, 0.05) is 18.0 Å². The Kier molecular flexibility index (Phi) is 6.06. The van der Waals surface area contributed by atoms with Crippen molar-refractivity contribution >= 4 is 21.4 Å². The van der Waals surface area contributed by atoms with E-state index < -0.39 is 10.0 Å². The highest BCUT2D eigenvalue weighted by Crippen LogP contribution is 2.35. The molecule has 2 aromatic rings. The molecule has 7 heteroatoms. The highest BCUT2D eigenvalue weighted by Gasteiger charge is 2.30. The average Bonchev–Trinajstić information content (AvgIpc) is 3.34. The van der Waals surface area contributed by atoms with Gasteiger partial charge in [-0.1, -0.05) is 18.2 Å². The molecular weight excluding hydrogens is 392 g/mol. The van der Waals surface area contributed by atoms with E-state index in [1.54, 1.807) is 27.8 Å². The van der Waals surface area contributed by atoms with Crippen LogP contribution in [-0.4, -0.2) is 39.0 Å². The Balaban J connectivity index is 1.37. The smallest absolute Gasteiger partial charge is 0.243 e. The molecule has 152 valence electrons. The summed E-state index contributed by atoms with van der Waals surface area (Å²) in [6, 6.07) is 9.24. The fourth-order valence-corrected chi connectivity index (χ4v) is 6.73. The fraction of sp³-hybridized carbons (Fsp3) is 0.524. The van der Waals surface area contributed by atoms with E-state index in [-0.39, 0.29) is 0 Å². The Morgan fingerprint density at radius 2 is 2.18 bits per heavy atom. The molecule has 1 unspecified atom stereocenters. The molecule has 0 saturated carbocycles. The molecular formula is C21H28N2O3S2. The van der Waals surface area contributed by atoms with Crippen molar-refractivity contribution in [2.24, 2.45) is 5.92 Å². The second-order valence-corrected chi connectivity index (χ2v) is 10.7. The number of hydrogen-bond acceptors (Lipinski definition) is 5. The summed E-state index contributed by atoms with van der Waals surface area (Å²) in [5, 5.41) is 4.32. The van der Waals surface area contributed by atoms with Crippen LogP contribution >= 0.6 is 11.3 Å². The molecule has 2 aliphatic rings. The van der Waals surface area contributed by atoms with E-state index in [0.29, 0.717) is 18.0 Å². The summed E-state index contributed by atoms with van der Waals surface area (Å²) in [4.78, 5) is 1.66. The summed E-state index contributed by atoms with van der Waals surface area (Å²) < 4.78 is 33.7. The van der Waals surface area contributed by atoms with E-state index in [1.807, 2.05) is 25.1 Å². The average molecular weight is 421 g/mol. The quantitative estimate of drug-likeness (QED) is 0.696. The lowest BCUT2D eigenvalue weighted by atomic mass is 10.0. The number of sulfonamides is 1. The first-order valence-corrected chi connectivity index (χ1v) is 12.3. The summed E-state index contributed by atoms with van der Waals surface area (Å²) in [7, 11) is -3.47. The van der Waals surface area contributed by atoms with Gasteiger partial charge in [-0.05, 0) is 74.9 Å². The third-order valence-electron chi connectivity index (χ3n) is 5.68. The number of aryl methyl sites for hydroxylation is 1. The molecule has 2 aliphatic heterocycles. The maximum Gasteiger partial charge on any atom is 0.243 e. The minimum Gasteiger partial charge on any atom is -0.484 e.